The van der Waals surface area contributed by atoms with Crippen LogP contribution < -0.4 is 0 Å². The van der Waals surface area contributed by atoms with Gasteiger partial charge in [-0.25, -0.2) is 4.39 Å². The molecule has 0 spiro atoms. The van der Waals surface area contributed by atoms with Gasteiger partial charge in [-0.15, -0.1) is 0 Å². The molecule has 0 bridgehead atoms. The zero-order valence-corrected chi connectivity index (χ0v) is 10.0. The van der Waals surface area contributed by atoms with Crippen LogP contribution in [0.2, 0.25) is 0 Å². The molecule has 0 aliphatic carbocycles. The van der Waals surface area contributed by atoms with E-state index in [1.165, 1.54) is 6.07 Å². The minimum atomic E-state index is -0.174. The van der Waals surface area contributed by atoms with Gasteiger partial charge in [-0.2, -0.15) is 0 Å². The summed E-state index contributed by atoms with van der Waals surface area (Å²) in [6.45, 7) is 1.78. The molecule has 0 amide bonds. The Labute approximate surface area is 105 Å². The smallest absolute Gasteiger partial charge is 0.126 e. The molecular weight excluding hydrogens is 225 g/mol. The molecule has 1 aromatic heterocycles. The van der Waals surface area contributed by atoms with Crippen molar-refractivity contribution in [3.05, 3.63) is 66.1 Å². The maximum atomic E-state index is 13.3. The molecule has 2 heteroatoms. The Morgan fingerprint density at radius 3 is 2.67 bits per heavy atom. The van der Waals surface area contributed by atoms with E-state index in [4.69, 9.17) is 0 Å². The third kappa shape index (κ3) is 1.76. The minimum Gasteiger partial charge on any atom is -0.256 e. The Morgan fingerprint density at radius 1 is 1.00 bits per heavy atom. The van der Waals surface area contributed by atoms with Crippen molar-refractivity contribution in [3.8, 4) is 11.1 Å². The van der Waals surface area contributed by atoms with Crippen molar-refractivity contribution in [2.24, 2.45) is 0 Å². The second-order valence-corrected chi connectivity index (χ2v) is 4.34. The molecular formula is C16H12FN. The number of rotatable bonds is 1. The molecule has 0 fully saturated rings. The van der Waals surface area contributed by atoms with Crippen LogP contribution in [0, 0.1) is 12.7 Å². The third-order valence-electron chi connectivity index (χ3n) is 3.10. The molecule has 2 aromatic carbocycles. The highest BCUT2D eigenvalue weighted by molar-refractivity contribution is 5.93. The van der Waals surface area contributed by atoms with E-state index in [9.17, 15) is 4.39 Å². The summed E-state index contributed by atoms with van der Waals surface area (Å²) in [5, 5.41) is 1.09. The zero-order chi connectivity index (χ0) is 12.5. The van der Waals surface area contributed by atoms with Gasteiger partial charge in [0.1, 0.15) is 5.82 Å². The van der Waals surface area contributed by atoms with Gasteiger partial charge < -0.3 is 0 Å². The first-order chi connectivity index (χ1) is 8.75. The Bertz CT molecular complexity index is 714. The van der Waals surface area contributed by atoms with Crippen LogP contribution in [0.25, 0.3) is 22.0 Å². The summed E-state index contributed by atoms with van der Waals surface area (Å²) in [4.78, 5) is 4.42. The van der Waals surface area contributed by atoms with Crippen LogP contribution in [0.15, 0.2) is 54.7 Å². The second-order valence-electron chi connectivity index (χ2n) is 4.34. The maximum absolute atomic E-state index is 13.3. The summed E-state index contributed by atoms with van der Waals surface area (Å²) in [5.41, 5.74) is 3.64. The van der Waals surface area contributed by atoms with Crippen LogP contribution in [-0.2, 0) is 0 Å². The van der Waals surface area contributed by atoms with Gasteiger partial charge in [0, 0.05) is 17.1 Å². The van der Waals surface area contributed by atoms with E-state index in [1.807, 2.05) is 36.4 Å². The number of hydrogen-bond acceptors (Lipinski definition) is 1. The average Bonchev–Trinajstić information content (AvgIpc) is 2.41. The highest BCUT2D eigenvalue weighted by atomic mass is 19.1. The van der Waals surface area contributed by atoms with E-state index in [0.29, 0.717) is 5.56 Å². The van der Waals surface area contributed by atoms with Gasteiger partial charge in [0.05, 0.1) is 5.52 Å². The number of aryl methyl sites for hydroxylation is 1. The Kier molecular flexibility index (Phi) is 2.56. The lowest BCUT2D eigenvalue weighted by Gasteiger charge is -2.07. The predicted octanol–water partition coefficient (Wildman–Crippen LogP) is 4.35. The van der Waals surface area contributed by atoms with Gasteiger partial charge >= 0.3 is 0 Å². The van der Waals surface area contributed by atoms with Gasteiger partial charge in [0.2, 0.25) is 0 Å². The SMILES string of the molecule is Cc1cc(-c2cccc3cccnc23)ccc1F. The quantitative estimate of drug-likeness (QED) is 0.613. The van der Waals surface area contributed by atoms with Crippen LogP contribution in [0.3, 0.4) is 0 Å². The van der Waals surface area contributed by atoms with E-state index in [1.54, 1.807) is 19.2 Å². The molecule has 0 radical (unpaired) electrons. The number of hydrogen-bond donors (Lipinski definition) is 0. The lowest BCUT2D eigenvalue weighted by Crippen LogP contribution is -1.87. The molecule has 0 unspecified atom stereocenters. The van der Waals surface area contributed by atoms with Crippen LogP contribution >= 0.6 is 0 Å². The summed E-state index contributed by atoms with van der Waals surface area (Å²) in [6.07, 6.45) is 1.78. The van der Waals surface area contributed by atoms with E-state index >= 15 is 0 Å². The highest BCUT2D eigenvalue weighted by Gasteiger charge is 2.06. The number of pyridine rings is 1. The number of fused-ring (bicyclic) bond motifs is 1. The predicted molar refractivity (Wildman–Crippen MR) is 71.9 cm³/mol. The minimum absolute atomic E-state index is 0.174. The topological polar surface area (TPSA) is 12.9 Å². The summed E-state index contributed by atoms with van der Waals surface area (Å²) >= 11 is 0. The maximum Gasteiger partial charge on any atom is 0.126 e. The fourth-order valence-electron chi connectivity index (χ4n) is 2.15. The van der Waals surface area contributed by atoms with Gasteiger partial charge in [0.15, 0.2) is 0 Å². The number of benzene rings is 2. The van der Waals surface area contributed by atoms with E-state index < -0.39 is 0 Å². The van der Waals surface area contributed by atoms with Crippen LogP contribution in [-0.4, -0.2) is 4.98 Å². The first-order valence-electron chi connectivity index (χ1n) is 5.86. The fourth-order valence-corrected chi connectivity index (χ4v) is 2.15. The Balaban J connectivity index is 2.28. The average molecular weight is 237 g/mol. The molecule has 0 saturated heterocycles. The zero-order valence-electron chi connectivity index (χ0n) is 10.0. The largest absolute Gasteiger partial charge is 0.256 e. The molecule has 3 aromatic rings. The Morgan fingerprint density at radius 2 is 1.83 bits per heavy atom. The van der Waals surface area contributed by atoms with Crippen molar-refractivity contribution in [3.63, 3.8) is 0 Å². The molecule has 0 aliphatic rings. The molecule has 18 heavy (non-hydrogen) atoms. The summed E-state index contributed by atoms with van der Waals surface area (Å²) in [6, 6.07) is 15.2. The van der Waals surface area contributed by atoms with Gasteiger partial charge in [-0.1, -0.05) is 30.3 Å². The van der Waals surface area contributed by atoms with Crippen molar-refractivity contribution in [2.45, 2.75) is 6.92 Å². The molecule has 3 rings (SSSR count). The fraction of sp³-hybridized carbons (Fsp3) is 0.0625. The van der Waals surface area contributed by atoms with Gasteiger partial charge in [-0.05, 0) is 36.2 Å². The number of nitrogens with zero attached hydrogens (tertiary/aromatic N) is 1. The first-order valence-corrected chi connectivity index (χ1v) is 5.86. The van der Waals surface area contributed by atoms with Crippen molar-refractivity contribution >= 4 is 10.9 Å². The molecule has 1 heterocycles. The van der Waals surface area contributed by atoms with E-state index in [-0.39, 0.29) is 5.82 Å². The molecule has 1 nitrogen and oxygen atoms in total. The lowest BCUT2D eigenvalue weighted by molar-refractivity contribution is 0.619. The number of halogens is 1. The van der Waals surface area contributed by atoms with Crippen molar-refractivity contribution in [1.82, 2.24) is 4.98 Å². The first kappa shape index (κ1) is 10.9. The Hall–Kier alpha value is -2.22. The number of para-hydroxylation sites is 1. The van der Waals surface area contributed by atoms with E-state index in [0.717, 1.165) is 22.0 Å². The third-order valence-corrected chi connectivity index (χ3v) is 3.10. The summed E-state index contributed by atoms with van der Waals surface area (Å²) < 4.78 is 13.3. The van der Waals surface area contributed by atoms with Crippen LogP contribution in [0.5, 0.6) is 0 Å². The molecule has 0 aliphatic heterocycles. The van der Waals surface area contributed by atoms with Gasteiger partial charge in [-0.3, -0.25) is 4.98 Å². The van der Waals surface area contributed by atoms with Crippen molar-refractivity contribution in [1.29, 1.82) is 0 Å². The van der Waals surface area contributed by atoms with Crippen molar-refractivity contribution in [2.75, 3.05) is 0 Å². The van der Waals surface area contributed by atoms with Crippen LogP contribution in [0.4, 0.5) is 4.39 Å². The molecule has 0 atom stereocenters. The highest BCUT2D eigenvalue weighted by Crippen LogP contribution is 2.28. The second kappa shape index (κ2) is 4.22. The standard InChI is InChI=1S/C16H12FN/c1-11-10-13(7-8-15(11)17)14-6-2-4-12-5-3-9-18-16(12)14/h2-10H,1H3. The monoisotopic (exact) mass is 237 g/mol. The van der Waals surface area contributed by atoms with Crippen LogP contribution in [0.1, 0.15) is 5.56 Å². The normalized spacial score (nSPS) is 10.8. The lowest BCUT2D eigenvalue weighted by atomic mass is 10.0. The van der Waals surface area contributed by atoms with E-state index in [2.05, 4.69) is 4.98 Å². The summed E-state index contributed by atoms with van der Waals surface area (Å²) in [5.74, 6) is -0.174. The number of aromatic nitrogens is 1. The molecule has 0 N–H and O–H groups in total. The molecule has 88 valence electrons. The molecule has 0 saturated carbocycles. The van der Waals surface area contributed by atoms with Gasteiger partial charge in [0.25, 0.3) is 0 Å². The van der Waals surface area contributed by atoms with Crippen molar-refractivity contribution < 1.29 is 4.39 Å². The summed E-state index contributed by atoms with van der Waals surface area (Å²) in [7, 11) is 0.